The third-order valence-electron chi connectivity index (χ3n) is 13.6. The highest BCUT2D eigenvalue weighted by Crippen LogP contribution is 2.24. The number of aldehydes is 1. The van der Waals surface area contributed by atoms with Crippen molar-refractivity contribution in [3.8, 4) is 0 Å². The molecule has 0 spiro atoms. The SMILES string of the molecule is CC(C)C[C@H](NC(=O)[C@H](C)NC(=O)CNC(=O)[C@@H]1CCCN1C(=O)[C@@H](NC(=O)[C@@H](NC(=O)[C@@H](N)Cc1c[nH]c2ccccc12)C(C)C)C(C)C)C(=O)N1CCC[C@H]1C(=O)N[C@@H](CCC(N)=O)C(=O)N[C@H](C=O)C(C)C. The molecule has 10 amide bonds. The molecule has 0 aliphatic carbocycles. The Morgan fingerprint density at radius 2 is 1.28 bits per heavy atom. The number of nitrogens with one attached hydrogen (secondary N) is 8. The van der Waals surface area contributed by atoms with Crippen molar-refractivity contribution in [2.24, 2.45) is 35.1 Å². The minimum Gasteiger partial charge on any atom is -0.370 e. The first-order chi connectivity index (χ1) is 35.3. The van der Waals surface area contributed by atoms with Crippen LogP contribution in [-0.2, 0) is 59.2 Å². The van der Waals surface area contributed by atoms with Gasteiger partial charge < -0.3 is 68.3 Å². The van der Waals surface area contributed by atoms with Crippen molar-refractivity contribution in [1.82, 2.24) is 52.0 Å². The second-order valence-corrected chi connectivity index (χ2v) is 21.2. The lowest BCUT2D eigenvalue weighted by Gasteiger charge is -2.32. The van der Waals surface area contributed by atoms with Gasteiger partial charge in [0.1, 0.15) is 48.6 Å². The predicted octanol–water partition coefficient (Wildman–Crippen LogP) is -0.457. The van der Waals surface area contributed by atoms with Crippen LogP contribution in [0.25, 0.3) is 10.9 Å². The van der Waals surface area contributed by atoms with Crippen molar-refractivity contribution in [1.29, 1.82) is 0 Å². The van der Waals surface area contributed by atoms with Crippen LogP contribution in [0.3, 0.4) is 0 Å². The summed E-state index contributed by atoms with van der Waals surface area (Å²) in [5.41, 5.74) is 13.4. The zero-order valence-corrected chi connectivity index (χ0v) is 44.8. The fourth-order valence-electron chi connectivity index (χ4n) is 9.25. The number of nitrogens with zero attached hydrogens (tertiary/aromatic N) is 2. The van der Waals surface area contributed by atoms with E-state index in [1.165, 1.54) is 16.7 Å². The van der Waals surface area contributed by atoms with Crippen molar-refractivity contribution in [3.63, 3.8) is 0 Å². The minimum atomic E-state index is -1.24. The summed E-state index contributed by atoms with van der Waals surface area (Å²) in [5, 5.41) is 19.5. The number of hydrogen-bond acceptors (Lipinski definition) is 12. The molecule has 23 heteroatoms. The maximum Gasteiger partial charge on any atom is 0.246 e. The second-order valence-electron chi connectivity index (χ2n) is 21.2. The average molecular weight is 1050 g/mol. The van der Waals surface area contributed by atoms with Crippen LogP contribution in [0.1, 0.15) is 113 Å². The Hall–Kier alpha value is -6.91. The Labute approximate surface area is 438 Å². The topological polar surface area (TPSA) is 346 Å². The van der Waals surface area contributed by atoms with Gasteiger partial charge >= 0.3 is 0 Å². The molecule has 3 heterocycles. The standard InChI is InChI=1S/C52H80N12O11/c1-27(2)22-37(51(74)63-20-13-17-40(63)49(72)58-36(18-19-41(54)66)47(70)60-38(26-65)28(3)4)59-45(68)31(9)57-42(67)25-56-48(71)39-16-12-21-64(39)52(75)44(30(7)8)62-50(73)43(29(5)6)61-46(69)34(53)23-32-24-55-35-15-11-10-14-33(32)35/h10-11,14-15,24,26-31,34,36-40,43-44,55H,12-13,16-23,25,53H2,1-9H3,(H2,54,66)(H,56,71)(H,57,67)(H,58,72)(H,59,68)(H,60,70)(H,61,69)(H,62,73)/t31-,34-,36-,37-,38+,39-,40-,43-,44-/m0/s1. The maximum atomic E-state index is 14.1. The fraction of sp³-hybridized carbons (Fsp3) is 0.635. The Morgan fingerprint density at radius 1 is 0.680 bits per heavy atom. The number of aromatic nitrogens is 1. The van der Waals surface area contributed by atoms with Crippen LogP contribution < -0.4 is 48.7 Å². The van der Waals surface area contributed by atoms with E-state index in [0.29, 0.717) is 19.1 Å². The maximum absolute atomic E-state index is 14.1. The van der Waals surface area contributed by atoms with Gasteiger partial charge in [-0.2, -0.15) is 0 Å². The van der Waals surface area contributed by atoms with Crippen LogP contribution in [-0.4, -0.2) is 154 Å². The normalized spacial score (nSPS) is 18.4. The van der Waals surface area contributed by atoms with Crippen molar-refractivity contribution >= 4 is 76.3 Å². The van der Waals surface area contributed by atoms with E-state index in [2.05, 4.69) is 42.2 Å². The minimum absolute atomic E-state index is 0.103. The number of primary amides is 1. The molecule has 9 atom stereocenters. The van der Waals surface area contributed by atoms with Gasteiger partial charge in [-0.1, -0.05) is 73.6 Å². The number of amides is 10. The molecule has 0 saturated carbocycles. The summed E-state index contributed by atoms with van der Waals surface area (Å²) < 4.78 is 0. The summed E-state index contributed by atoms with van der Waals surface area (Å²) in [6, 6.07) is -1.82. The summed E-state index contributed by atoms with van der Waals surface area (Å²) in [7, 11) is 0. The van der Waals surface area contributed by atoms with Gasteiger partial charge in [0.2, 0.25) is 59.1 Å². The molecular formula is C52H80N12O11. The zero-order chi connectivity index (χ0) is 55.8. The molecule has 414 valence electrons. The van der Waals surface area contributed by atoms with Gasteiger partial charge in [-0.3, -0.25) is 47.9 Å². The lowest BCUT2D eigenvalue weighted by Crippen LogP contribution is -2.60. The van der Waals surface area contributed by atoms with E-state index in [-0.39, 0.29) is 69.4 Å². The molecule has 23 nitrogen and oxygen atoms in total. The van der Waals surface area contributed by atoms with Crippen LogP contribution in [0, 0.1) is 23.7 Å². The highest BCUT2D eigenvalue weighted by Gasteiger charge is 2.42. The van der Waals surface area contributed by atoms with Gasteiger partial charge in [-0.05, 0) is 87.2 Å². The molecule has 12 N–H and O–H groups in total. The molecule has 0 unspecified atom stereocenters. The molecular weight excluding hydrogens is 969 g/mol. The predicted molar refractivity (Wildman–Crippen MR) is 278 cm³/mol. The summed E-state index contributed by atoms with van der Waals surface area (Å²) in [5.74, 6) is -7.48. The van der Waals surface area contributed by atoms with E-state index < -0.39 is 126 Å². The molecule has 2 aliphatic heterocycles. The number of likely N-dealkylation sites (tertiary alicyclic amines) is 2. The van der Waals surface area contributed by atoms with Crippen molar-refractivity contribution in [2.75, 3.05) is 19.6 Å². The first kappa shape index (κ1) is 60.6. The number of H-pyrrole nitrogens is 1. The van der Waals surface area contributed by atoms with E-state index in [1.54, 1.807) is 47.7 Å². The number of nitrogens with two attached hydrogens (primary N) is 2. The monoisotopic (exact) mass is 1050 g/mol. The Morgan fingerprint density at radius 3 is 1.87 bits per heavy atom. The molecule has 1 aromatic carbocycles. The highest BCUT2D eigenvalue weighted by molar-refractivity contribution is 5.98. The van der Waals surface area contributed by atoms with E-state index >= 15 is 0 Å². The summed E-state index contributed by atoms with van der Waals surface area (Å²) in [6.45, 7) is 15.4. The number of carbonyl (C=O) groups excluding carboxylic acids is 11. The lowest BCUT2D eigenvalue weighted by atomic mass is 9.98. The first-order valence-corrected chi connectivity index (χ1v) is 26.1. The van der Waals surface area contributed by atoms with Crippen molar-refractivity contribution < 1.29 is 52.7 Å². The van der Waals surface area contributed by atoms with Crippen LogP contribution in [0.15, 0.2) is 30.5 Å². The number of carbonyl (C=O) groups is 11. The molecule has 0 bridgehead atoms. The van der Waals surface area contributed by atoms with E-state index in [9.17, 15) is 52.7 Å². The molecule has 2 saturated heterocycles. The summed E-state index contributed by atoms with van der Waals surface area (Å²) >= 11 is 0. The molecule has 1 aromatic heterocycles. The number of para-hydroxylation sites is 1. The largest absolute Gasteiger partial charge is 0.370 e. The van der Waals surface area contributed by atoms with Crippen LogP contribution in [0.2, 0.25) is 0 Å². The van der Waals surface area contributed by atoms with E-state index in [4.69, 9.17) is 11.5 Å². The first-order valence-electron chi connectivity index (χ1n) is 26.1. The third kappa shape index (κ3) is 17.1. The fourth-order valence-corrected chi connectivity index (χ4v) is 9.25. The quantitative estimate of drug-likeness (QED) is 0.0509. The van der Waals surface area contributed by atoms with Crippen molar-refractivity contribution in [3.05, 3.63) is 36.0 Å². The van der Waals surface area contributed by atoms with Gasteiger partial charge in [0.25, 0.3) is 0 Å². The molecule has 0 radical (unpaired) electrons. The third-order valence-corrected chi connectivity index (χ3v) is 13.6. The van der Waals surface area contributed by atoms with Gasteiger partial charge in [-0.15, -0.1) is 0 Å². The van der Waals surface area contributed by atoms with Gasteiger partial charge in [-0.25, -0.2) is 0 Å². The van der Waals surface area contributed by atoms with Crippen molar-refractivity contribution in [2.45, 2.75) is 168 Å². The summed E-state index contributed by atoms with van der Waals surface area (Å²) in [4.78, 5) is 152. The van der Waals surface area contributed by atoms with E-state index in [0.717, 1.165) is 16.5 Å². The lowest BCUT2D eigenvalue weighted by molar-refractivity contribution is -0.143. The second kappa shape index (κ2) is 28.1. The van der Waals surface area contributed by atoms with Crippen LogP contribution in [0.4, 0.5) is 0 Å². The Balaban J connectivity index is 1.32. The Kier molecular flexibility index (Phi) is 22.7. The highest BCUT2D eigenvalue weighted by atomic mass is 16.2. The number of aromatic amines is 1. The smallest absolute Gasteiger partial charge is 0.246 e. The average Bonchev–Trinajstić information content (AvgIpc) is 4.14. The molecule has 2 fully saturated rings. The summed E-state index contributed by atoms with van der Waals surface area (Å²) in [6.07, 6.45) is 3.82. The van der Waals surface area contributed by atoms with Gasteiger partial charge in [0.05, 0.1) is 18.6 Å². The Bertz CT molecular complexity index is 2390. The van der Waals surface area contributed by atoms with E-state index in [1.807, 2.05) is 38.1 Å². The molecule has 75 heavy (non-hydrogen) atoms. The van der Waals surface area contributed by atoms with Crippen LogP contribution >= 0.6 is 0 Å². The molecule has 2 aliphatic rings. The zero-order valence-electron chi connectivity index (χ0n) is 44.8. The number of rotatable bonds is 27. The van der Waals surface area contributed by atoms with Gasteiger partial charge in [0, 0.05) is 36.6 Å². The van der Waals surface area contributed by atoms with Gasteiger partial charge in [0.15, 0.2) is 0 Å². The molecule has 4 rings (SSSR count). The number of fused-ring (bicyclic) bond motifs is 1. The number of benzene rings is 1. The molecule has 2 aromatic rings. The van der Waals surface area contributed by atoms with Crippen LogP contribution in [0.5, 0.6) is 0 Å². The number of hydrogen-bond donors (Lipinski definition) is 10.